The van der Waals surface area contributed by atoms with Gasteiger partial charge in [-0.05, 0) is 50.6 Å². The minimum atomic E-state index is 0.736. The first kappa shape index (κ1) is 20.3. The average molecular weight is 361 g/mol. The molecule has 1 aromatic carbocycles. The maximum atomic E-state index is 5.88. The largest absolute Gasteiger partial charge is 0.493 e. The first-order valence-electron chi connectivity index (χ1n) is 9.09. The van der Waals surface area contributed by atoms with Crippen LogP contribution in [0.2, 0.25) is 0 Å². The Labute approximate surface area is 157 Å². The van der Waals surface area contributed by atoms with Gasteiger partial charge in [-0.1, -0.05) is 18.2 Å². The Bertz CT molecular complexity index is 655. The van der Waals surface area contributed by atoms with Crippen molar-refractivity contribution < 1.29 is 9.47 Å². The second kappa shape index (κ2) is 10.2. The molecule has 144 valence electrons. The van der Waals surface area contributed by atoms with Crippen molar-refractivity contribution in [1.29, 1.82) is 0 Å². The minimum absolute atomic E-state index is 0.736. The maximum Gasteiger partial charge on any atom is 0.168 e. The highest BCUT2D eigenvalue weighted by atomic mass is 16.5. The van der Waals surface area contributed by atoms with Gasteiger partial charge in [-0.25, -0.2) is 0 Å². The van der Waals surface area contributed by atoms with Crippen molar-refractivity contribution in [3.05, 3.63) is 41.1 Å². The number of para-hydroxylation sites is 1. The second-order valence-corrected chi connectivity index (χ2v) is 6.49. The van der Waals surface area contributed by atoms with E-state index in [0.29, 0.717) is 0 Å². The van der Waals surface area contributed by atoms with Crippen LogP contribution in [-0.4, -0.2) is 52.8 Å². The van der Waals surface area contributed by atoms with Crippen LogP contribution < -0.4 is 26.1 Å². The van der Waals surface area contributed by atoms with E-state index in [4.69, 9.17) is 15.3 Å². The molecule has 6 nitrogen and oxygen atoms in total. The summed E-state index contributed by atoms with van der Waals surface area (Å²) in [7, 11) is 7.45. The van der Waals surface area contributed by atoms with Crippen LogP contribution in [-0.2, 0) is 0 Å². The van der Waals surface area contributed by atoms with Crippen LogP contribution in [0.15, 0.2) is 35.5 Å². The topological polar surface area (TPSA) is 71.8 Å². The maximum absolute atomic E-state index is 5.88. The van der Waals surface area contributed by atoms with Gasteiger partial charge in [-0.2, -0.15) is 0 Å². The lowest BCUT2D eigenvalue weighted by Gasteiger charge is -2.24. The van der Waals surface area contributed by atoms with E-state index in [9.17, 15) is 0 Å². The number of benzene rings is 1. The van der Waals surface area contributed by atoms with Gasteiger partial charge in [-0.15, -0.1) is 0 Å². The monoisotopic (exact) mass is 360 g/mol. The lowest BCUT2D eigenvalue weighted by atomic mass is 9.94. The average Bonchev–Trinajstić information content (AvgIpc) is 2.87. The molecule has 0 spiro atoms. The molecule has 0 amide bonds. The number of nitrogens with one attached hydrogen (secondary N) is 2. The summed E-state index contributed by atoms with van der Waals surface area (Å²) in [6.07, 6.45) is 5.31. The molecular weight excluding hydrogens is 328 g/mol. The Hall–Kier alpha value is -2.02. The number of allylic oxidation sites excluding steroid dienone is 2. The molecular formula is C20H32N4O2. The Kier molecular flexibility index (Phi) is 7.97. The van der Waals surface area contributed by atoms with E-state index in [0.717, 1.165) is 61.7 Å². The summed E-state index contributed by atoms with van der Waals surface area (Å²) in [4.78, 5) is 2.30. The Morgan fingerprint density at radius 1 is 1.23 bits per heavy atom. The van der Waals surface area contributed by atoms with Crippen molar-refractivity contribution in [2.75, 3.05) is 47.9 Å². The van der Waals surface area contributed by atoms with Gasteiger partial charge in [-0.3, -0.25) is 5.84 Å². The smallest absolute Gasteiger partial charge is 0.168 e. The highest BCUT2D eigenvalue weighted by molar-refractivity contribution is 5.84. The number of hydrogen-bond acceptors (Lipinski definition) is 6. The van der Waals surface area contributed by atoms with Crippen molar-refractivity contribution in [2.45, 2.75) is 19.3 Å². The van der Waals surface area contributed by atoms with Crippen LogP contribution in [0, 0.1) is 0 Å². The Morgan fingerprint density at radius 2 is 2.04 bits per heavy atom. The van der Waals surface area contributed by atoms with Crippen LogP contribution in [0.4, 0.5) is 0 Å². The van der Waals surface area contributed by atoms with Crippen LogP contribution in [0.5, 0.6) is 11.5 Å². The molecule has 0 aromatic heterocycles. The predicted octanol–water partition coefficient (Wildman–Crippen LogP) is 2.14. The second-order valence-electron chi connectivity index (χ2n) is 6.49. The lowest BCUT2D eigenvalue weighted by molar-refractivity contribution is 0.353. The molecule has 26 heavy (non-hydrogen) atoms. The molecule has 1 aliphatic carbocycles. The van der Waals surface area contributed by atoms with Crippen molar-refractivity contribution in [3.63, 3.8) is 0 Å². The summed E-state index contributed by atoms with van der Waals surface area (Å²) in [5, 5.41) is 3.20. The molecule has 6 heteroatoms. The normalized spacial score (nSPS) is 14.9. The molecule has 4 N–H and O–H groups in total. The van der Waals surface area contributed by atoms with E-state index in [1.165, 1.54) is 11.1 Å². The summed E-state index contributed by atoms with van der Waals surface area (Å²) in [5.74, 6) is 7.38. The fourth-order valence-electron chi connectivity index (χ4n) is 3.33. The number of ether oxygens (including phenoxy) is 2. The third-order valence-electron chi connectivity index (χ3n) is 4.71. The van der Waals surface area contributed by atoms with Crippen LogP contribution >= 0.6 is 0 Å². The minimum Gasteiger partial charge on any atom is -0.493 e. The summed E-state index contributed by atoms with van der Waals surface area (Å²) in [6, 6.07) is 6.00. The summed E-state index contributed by atoms with van der Waals surface area (Å²) < 4.78 is 11.2. The van der Waals surface area contributed by atoms with Gasteiger partial charge in [0.05, 0.1) is 14.2 Å². The van der Waals surface area contributed by atoms with E-state index in [2.05, 4.69) is 34.8 Å². The number of likely N-dealkylation sites (N-methyl/N-ethyl adjacent to an activating group) is 2. The molecule has 0 aliphatic heterocycles. The Morgan fingerprint density at radius 3 is 2.69 bits per heavy atom. The van der Waals surface area contributed by atoms with Gasteiger partial charge in [0.25, 0.3) is 0 Å². The zero-order valence-electron chi connectivity index (χ0n) is 16.4. The van der Waals surface area contributed by atoms with E-state index in [1.807, 2.05) is 19.2 Å². The number of nitrogens with zero attached hydrogens (tertiary/aromatic N) is 1. The van der Waals surface area contributed by atoms with Crippen LogP contribution in [0.1, 0.15) is 24.8 Å². The summed E-state index contributed by atoms with van der Waals surface area (Å²) in [5.41, 5.74) is 7.47. The fourth-order valence-corrected chi connectivity index (χ4v) is 3.33. The number of hydrogen-bond donors (Lipinski definition) is 3. The number of hydrazine groups is 1. The quantitative estimate of drug-likeness (QED) is 0.463. The summed E-state index contributed by atoms with van der Waals surface area (Å²) in [6.45, 7) is 2.71. The van der Waals surface area contributed by atoms with E-state index in [1.54, 1.807) is 14.2 Å². The third-order valence-corrected chi connectivity index (χ3v) is 4.71. The molecule has 1 aromatic rings. The van der Waals surface area contributed by atoms with Gasteiger partial charge in [0.15, 0.2) is 11.5 Å². The molecule has 0 saturated heterocycles. The first-order chi connectivity index (χ1) is 12.7. The highest BCUT2D eigenvalue weighted by Crippen LogP contribution is 2.40. The van der Waals surface area contributed by atoms with Gasteiger partial charge in [0.1, 0.15) is 0 Å². The molecule has 0 fully saturated rings. The highest BCUT2D eigenvalue weighted by Gasteiger charge is 2.21. The van der Waals surface area contributed by atoms with Crippen molar-refractivity contribution in [2.24, 2.45) is 5.84 Å². The fraction of sp³-hybridized carbons (Fsp3) is 0.500. The third kappa shape index (κ3) is 4.78. The molecule has 2 rings (SSSR count). The van der Waals surface area contributed by atoms with Crippen molar-refractivity contribution >= 4 is 5.57 Å². The summed E-state index contributed by atoms with van der Waals surface area (Å²) >= 11 is 0. The zero-order chi connectivity index (χ0) is 18.9. The van der Waals surface area contributed by atoms with Crippen LogP contribution in [0.3, 0.4) is 0 Å². The van der Waals surface area contributed by atoms with Gasteiger partial charge in [0.2, 0.25) is 0 Å². The molecule has 0 unspecified atom stereocenters. The van der Waals surface area contributed by atoms with Crippen molar-refractivity contribution in [1.82, 2.24) is 15.6 Å². The Balaban J connectivity index is 2.48. The molecule has 0 saturated carbocycles. The van der Waals surface area contributed by atoms with Gasteiger partial charge in [0, 0.05) is 30.9 Å². The number of nitrogens with two attached hydrogens (primary N) is 1. The SMILES string of the molecule is CNCCN(C)CC1=C(NN)CCCC=C1c1cccc(OC)c1OC. The van der Waals surface area contributed by atoms with Crippen molar-refractivity contribution in [3.8, 4) is 11.5 Å². The zero-order valence-corrected chi connectivity index (χ0v) is 16.4. The molecule has 0 atom stereocenters. The molecule has 0 radical (unpaired) electrons. The lowest BCUT2D eigenvalue weighted by Crippen LogP contribution is -2.31. The van der Waals surface area contributed by atoms with E-state index < -0.39 is 0 Å². The first-order valence-corrected chi connectivity index (χ1v) is 9.09. The number of rotatable bonds is 9. The molecule has 0 bridgehead atoms. The van der Waals surface area contributed by atoms with E-state index >= 15 is 0 Å². The molecule has 1 aliphatic rings. The molecule has 0 heterocycles. The van der Waals surface area contributed by atoms with E-state index in [-0.39, 0.29) is 0 Å². The van der Waals surface area contributed by atoms with Gasteiger partial charge >= 0.3 is 0 Å². The van der Waals surface area contributed by atoms with Crippen LogP contribution in [0.25, 0.3) is 5.57 Å². The predicted molar refractivity (Wildman–Crippen MR) is 107 cm³/mol. The standard InChI is InChI=1S/C20H32N4O2/c1-22-12-13-24(2)14-17-15(8-5-6-10-18(17)23-21)16-9-7-11-19(25-3)20(16)26-4/h7-9,11,22-23H,5-6,10,12-14,21H2,1-4H3. The number of methoxy groups -OCH3 is 2. The van der Waals surface area contributed by atoms with Gasteiger partial charge < -0.3 is 25.1 Å².